The van der Waals surface area contributed by atoms with Gasteiger partial charge in [0, 0.05) is 22.0 Å². The van der Waals surface area contributed by atoms with E-state index in [4.69, 9.17) is 16.0 Å². The lowest BCUT2D eigenvalue weighted by molar-refractivity contribution is 0.455. The summed E-state index contributed by atoms with van der Waals surface area (Å²) in [5.41, 5.74) is 1.10. The molecule has 0 bridgehead atoms. The summed E-state index contributed by atoms with van der Waals surface area (Å²) in [6.07, 6.45) is 2.49. The van der Waals surface area contributed by atoms with Gasteiger partial charge in [-0.25, -0.2) is 0 Å². The van der Waals surface area contributed by atoms with E-state index in [1.54, 1.807) is 6.26 Å². The third kappa shape index (κ3) is 3.37. The lowest BCUT2D eigenvalue weighted by atomic mass is 10.0. The Morgan fingerprint density at radius 1 is 1.39 bits per heavy atom. The zero-order chi connectivity index (χ0) is 13.0. The standard InChI is InChI=1S/C14H15BrClNO/c1-2-17-14(9-11-4-3-7-18-11)12-6-5-10(15)8-13(12)16/h3-8,14,17H,2,9H2,1H3. The molecule has 4 heteroatoms. The summed E-state index contributed by atoms with van der Waals surface area (Å²) in [6, 6.07) is 10.0. The summed E-state index contributed by atoms with van der Waals surface area (Å²) in [4.78, 5) is 0. The fourth-order valence-electron chi connectivity index (χ4n) is 1.95. The van der Waals surface area contributed by atoms with Gasteiger partial charge >= 0.3 is 0 Å². The minimum absolute atomic E-state index is 0.168. The highest BCUT2D eigenvalue weighted by Gasteiger charge is 2.15. The van der Waals surface area contributed by atoms with Crippen molar-refractivity contribution in [2.75, 3.05) is 6.54 Å². The Balaban J connectivity index is 2.23. The highest BCUT2D eigenvalue weighted by atomic mass is 79.9. The molecule has 0 fully saturated rings. The molecule has 2 rings (SSSR count). The van der Waals surface area contributed by atoms with Crippen LogP contribution in [-0.2, 0) is 6.42 Å². The predicted molar refractivity (Wildman–Crippen MR) is 78.0 cm³/mol. The first-order valence-corrected chi connectivity index (χ1v) is 7.08. The molecular weight excluding hydrogens is 314 g/mol. The van der Waals surface area contributed by atoms with E-state index in [0.29, 0.717) is 0 Å². The van der Waals surface area contributed by atoms with E-state index in [-0.39, 0.29) is 6.04 Å². The summed E-state index contributed by atoms with van der Waals surface area (Å²) in [6.45, 7) is 2.97. The number of benzene rings is 1. The predicted octanol–water partition coefficient (Wildman–Crippen LogP) is 4.59. The first kappa shape index (κ1) is 13.7. The number of halogens is 2. The van der Waals surface area contributed by atoms with Crippen molar-refractivity contribution in [1.29, 1.82) is 0 Å². The fraction of sp³-hybridized carbons (Fsp3) is 0.286. The molecule has 0 saturated heterocycles. The topological polar surface area (TPSA) is 25.2 Å². The van der Waals surface area contributed by atoms with Crippen molar-refractivity contribution >= 4 is 27.5 Å². The molecular formula is C14H15BrClNO. The van der Waals surface area contributed by atoms with E-state index in [1.165, 1.54) is 0 Å². The molecule has 1 aromatic carbocycles. The smallest absolute Gasteiger partial charge is 0.105 e. The third-order valence-corrected chi connectivity index (χ3v) is 3.59. The number of hydrogen-bond acceptors (Lipinski definition) is 2. The van der Waals surface area contributed by atoms with E-state index in [2.05, 4.69) is 28.2 Å². The first-order chi connectivity index (χ1) is 8.70. The summed E-state index contributed by atoms with van der Waals surface area (Å²) in [7, 11) is 0. The van der Waals surface area contributed by atoms with Gasteiger partial charge in [-0.1, -0.05) is 40.5 Å². The van der Waals surface area contributed by atoms with Crippen molar-refractivity contribution in [2.24, 2.45) is 0 Å². The second kappa shape index (κ2) is 6.41. The highest BCUT2D eigenvalue weighted by molar-refractivity contribution is 9.10. The normalized spacial score (nSPS) is 12.6. The van der Waals surface area contributed by atoms with E-state index < -0.39 is 0 Å². The lowest BCUT2D eigenvalue weighted by Crippen LogP contribution is -2.23. The average molecular weight is 329 g/mol. The second-order valence-electron chi connectivity index (χ2n) is 4.06. The molecule has 0 aliphatic carbocycles. The number of nitrogens with one attached hydrogen (secondary N) is 1. The summed E-state index contributed by atoms with van der Waals surface area (Å²) >= 11 is 9.72. The molecule has 0 saturated carbocycles. The van der Waals surface area contributed by atoms with E-state index in [1.807, 2.05) is 30.3 Å². The van der Waals surface area contributed by atoms with Gasteiger partial charge in [-0.05, 0) is 36.4 Å². The summed E-state index contributed by atoms with van der Waals surface area (Å²) < 4.78 is 6.39. The monoisotopic (exact) mass is 327 g/mol. The highest BCUT2D eigenvalue weighted by Crippen LogP contribution is 2.28. The molecule has 1 unspecified atom stereocenters. The zero-order valence-corrected chi connectivity index (χ0v) is 12.5. The Kier molecular flexibility index (Phi) is 4.87. The Morgan fingerprint density at radius 3 is 2.83 bits per heavy atom. The number of rotatable bonds is 5. The maximum absolute atomic E-state index is 6.30. The maximum atomic E-state index is 6.30. The molecule has 2 aromatic rings. The van der Waals surface area contributed by atoms with Gasteiger partial charge in [0.05, 0.1) is 6.26 Å². The summed E-state index contributed by atoms with van der Waals surface area (Å²) in [5.74, 6) is 0.958. The van der Waals surface area contributed by atoms with Crippen molar-refractivity contribution in [3.05, 3.63) is 57.4 Å². The molecule has 1 atom stereocenters. The summed E-state index contributed by atoms with van der Waals surface area (Å²) in [5, 5.41) is 4.20. The van der Waals surface area contributed by atoms with Crippen molar-refractivity contribution in [2.45, 2.75) is 19.4 Å². The van der Waals surface area contributed by atoms with Gasteiger partial charge in [0.2, 0.25) is 0 Å². The molecule has 1 N–H and O–H groups in total. The Bertz CT molecular complexity index is 499. The van der Waals surface area contributed by atoms with Crippen molar-refractivity contribution in [3.8, 4) is 0 Å². The molecule has 0 amide bonds. The third-order valence-electron chi connectivity index (χ3n) is 2.77. The SMILES string of the molecule is CCNC(Cc1ccco1)c1ccc(Br)cc1Cl. The second-order valence-corrected chi connectivity index (χ2v) is 5.38. The molecule has 96 valence electrons. The molecule has 0 radical (unpaired) electrons. The van der Waals surface area contributed by atoms with Crippen LogP contribution < -0.4 is 5.32 Å². The van der Waals surface area contributed by atoms with Crippen LogP contribution in [0.1, 0.15) is 24.3 Å². The van der Waals surface area contributed by atoms with Crippen LogP contribution >= 0.6 is 27.5 Å². The van der Waals surface area contributed by atoms with Gasteiger partial charge in [0.15, 0.2) is 0 Å². The fourth-order valence-corrected chi connectivity index (χ4v) is 2.76. The van der Waals surface area contributed by atoms with Gasteiger partial charge in [0.25, 0.3) is 0 Å². The zero-order valence-electron chi connectivity index (χ0n) is 10.1. The van der Waals surface area contributed by atoms with Crippen LogP contribution in [0.15, 0.2) is 45.5 Å². The van der Waals surface area contributed by atoms with Crippen molar-refractivity contribution in [3.63, 3.8) is 0 Å². The number of furan rings is 1. The van der Waals surface area contributed by atoms with Crippen LogP contribution in [0.2, 0.25) is 5.02 Å². The Labute approximate surface area is 120 Å². The van der Waals surface area contributed by atoms with Crippen molar-refractivity contribution < 1.29 is 4.42 Å². The van der Waals surface area contributed by atoms with Gasteiger partial charge in [-0.2, -0.15) is 0 Å². The van der Waals surface area contributed by atoms with E-state index in [9.17, 15) is 0 Å². The number of likely N-dealkylation sites (N-methyl/N-ethyl adjacent to an activating group) is 1. The molecule has 2 nitrogen and oxygen atoms in total. The average Bonchev–Trinajstić information content (AvgIpc) is 2.81. The van der Waals surface area contributed by atoms with Crippen molar-refractivity contribution in [1.82, 2.24) is 5.32 Å². The Morgan fingerprint density at radius 2 is 2.22 bits per heavy atom. The first-order valence-electron chi connectivity index (χ1n) is 5.91. The van der Waals surface area contributed by atoms with Gasteiger partial charge in [0.1, 0.15) is 5.76 Å². The van der Waals surface area contributed by atoms with E-state index >= 15 is 0 Å². The van der Waals surface area contributed by atoms with Crippen LogP contribution in [0.25, 0.3) is 0 Å². The van der Waals surface area contributed by atoms with Gasteiger partial charge < -0.3 is 9.73 Å². The molecule has 0 aliphatic heterocycles. The molecule has 18 heavy (non-hydrogen) atoms. The van der Waals surface area contributed by atoms with Gasteiger partial charge in [-0.15, -0.1) is 0 Å². The molecule has 1 aromatic heterocycles. The van der Waals surface area contributed by atoms with Crippen LogP contribution in [0, 0.1) is 0 Å². The van der Waals surface area contributed by atoms with Crippen LogP contribution in [0.5, 0.6) is 0 Å². The molecule has 1 heterocycles. The minimum Gasteiger partial charge on any atom is -0.469 e. The molecule has 0 spiro atoms. The Hall–Kier alpha value is -0.770. The van der Waals surface area contributed by atoms with Crippen LogP contribution in [0.4, 0.5) is 0 Å². The maximum Gasteiger partial charge on any atom is 0.105 e. The molecule has 0 aliphatic rings. The van der Waals surface area contributed by atoms with Crippen LogP contribution in [-0.4, -0.2) is 6.54 Å². The lowest BCUT2D eigenvalue weighted by Gasteiger charge is -2.18. The van der Waals surface area contributed by atoms with Gasteiger partial charge in [-0.3, -0.25) is 0 Å². The number of hydrogen-bond donors (Lipinski definition) is 1. The van der Waals surface area contributed by atoms with Crippen LogP contribution in [0.3, 0.4) is 0 Å². The quantitative estimate of drug-likeness (QED) is 0.868. The largest absolute Gasteiger partial charge is 0.469 e. The minimum atomic E-state index is 0.168. The van der Waals surface area contributed by atoms with E-state index in [0.717, 1.165) is 33.8 Å².